The van der Waals surface area contributed by atoms with Gasteiger partial charge >= 0.3 is 0 Å². The van der Waals surface area contributed by atoms with Crippen LogP contribution in [0.25, 0.3) is 38.9 Å². The van der Waals surface area contributed by atoms with Crippen molar-refractivity contribution in [2.45, 2.75) is 46.0 Å². The smallest absolute Gasteiger partial charge is 0.260 e. The molecule has 4 aromatic carbocycles. The highest BCUT2D eigenvalue weighted by Gasteiger charge is 2.41. The Morgan fingerprint density at radius 1 is 0.660 bits per heavy atom. The lowest BCUT2D eigenvalue weighted by molar-refractivity contribution is 0.463. The minimum atomic E-state index is -0.0842. The van der Waals surface area contributed by atoms with Crippen molar-refractivity contribution in [3.63, 3.8) is 0 Å². The predicted octanol–water partition coefficient (Wildman–Crippen LogP) is 8.39. The molecule has 7 aromatic rings. The molecule has 228 valence electrons. The number of pyridine rings is 2. The number of hydrogen-bond acceptors (Lipinski definition) is 4. The summed E-state index contributed by atoms with van der Waals surface area (Å²) in [5, 5.41) is 2.30. The second-order valence-corrected chi connectivity index (χ2v) is 14.1. The Kier molecular flexibility index (Phi) is 5.98. The van der Waals surface area contributed by atoms with Gasteiger partial charge in [-0.25, -0.2) is 4.98 Å². The molecular formula is C41H34BN3O2. The Labute approximate surface area is 274 Å². The van der Waals surface area contributed by atoms with Crippen molar-refractivity contribution in [1.29, 1.82) is 0 Å². The first-order valence-corrected chi connectivity index (χ1v) is 16.4. The van der Waals surface area contributed by atoms with E-state index in [1.54, 1.807) is 0 Å². The lowest BCUT2D eigenvalue weighted by atomic mass is 9.34. The van der Waals surface area contributed by atoms with Gasteiger partial charge in [-0.15, -0.1) is 0 Å². The molecule has 3 aromatic heterocycles. The van der Waals surface area contributed by atoms with E-state index in [0.29, 0.717) is 5.92 Å². The maximum absolute atomic E-state index is 6.85. The minimum Gasteiger partial charge on any atom is -0.458 e. The van der Waals surface area contributed by atoms with Gasteiger partial charge in [-0.3, -0.25) is 9.55 Å². The van der Waals surface area contributed by atoms with Crippen LogP contribution in [0, 0.1) is 0 Å². The zero-order valence-corrected chi connectivity index (χ0v) is 27.2. The number of aromatic nitrogens is 3. The van der Waals surface area contributed by atoms with Crippen LogP contribution >= 0.6 is 0 Å². The van der Waals surface area contributed by atoms with E-state index in [9.17, 15) is 0 Å². The molecule has 0 bridgehead atoms. The molecular weight excluding hydrogens is 577 g/mol. The van der Waals surface area contributed by atoms with Crippen LogP contribution in [0.3, 0.4) is 0 Å². The second-order valence-electron chi connectivity index (χ2n) is 14.1. The summed E-state index contributed by atoms with van der Waals surface area (Å²) in [7, 11) is 0. The first-order valence-electron chi connectivity index (χ1n) is 16.4. The third kappa shape index (κ3) is 4.31. The molecule has 5 heterocycles. The summed E-state index contributed by atoms with van der Waals surface area (Å²) in [6, 6.07) is 34.4. The van der Waals surface area contributed by atoms with Crippen molar-refractivity contribution in [3.05, 3.63) is 121 Å². The molecule has 2 aliphatic rings. The molecule has 0 atom stereocenters. The Bertz CT molecular complexity index is 2390. The molecule has 5 nitrogen and oxygen atoms in total. The summed E-state index contributed by atoms with van der Waals surface area (Å²) in [6.07, 6.45) is 3.77. The van der Waals surface area contributed by atoms with E-state index < -0.39 is 0 Å². The summed E-state index contributed by atoms with van der Waals surface area (Å²) in [6.45, 7) is 11.0. The molecule has 0 saturated heterocycles. The first-order chi connectivity index (χ1) is 22.7. The Balaban J connectivity index is 1.32. The van der Waals surface area contributed by atoms with Crippen molar-refractivity contribution in [3.8, 4) is 40.1 Å². The average molecular weight is 612 g/mol. The number of hydrogen-bond donors (Lipinski definition) is 0. The van der Waals surface area contributed by atoms with Crippen molar-refractivity contribution in [1.82, 2.24) is 14.5 Å². The highest BCUT2D eigenvalue weighted by molar-refractivity contribution is 6.98. The number of para-hydroxylation sites is 1. The Hall–Kier alpha value is -5.36. The van der Waals surface area contributed by atoms with E-state index in [0.717, 1.165) is 72.9 Å². The van der Waals surface area contributed by atoms with Crippen molar-refractivity contribution < 1.29 is 9.47 Å². The summed E-state index contributed by atoms with van der Waals surface area (Å²) >= 11 is 0. The van der Waals surface area contributed by atoms with Crippen LogP contribution < -0.4 is 25.9 Å². The van der Waals surface area contributed by atoms with Crippen LogP contribution in [0.5, 0.6) is 23.0 Å². The maximum atomic E-state index is 6.85. The molecule has 47 heavy (non-hydrogen) atoms. The van der Waals surface area contributed by atoms with Crippen LogP contribution in [0.2, 0.25) is 0 Å². The molecule has 9 rings (SSSR count). The Morgan fingerprint density at radius 2 is 1.43 bits per heavy atom. The SMILES string of the molecule is CC(C)c1cc2c3c(c1)Oc1cc4c5ccccc5n(-c5ccccn5)c4cc1B3c1cc(-c3cc(C(C)(C)C)ccn3)ccc1O2. The zero-order valence-electron chi connectivity index (χ0n) is 27.2. The standard InChI is InChI=1S/C41H34BN3O2/c1-24(2)26-19-37-40-38(20-26)47-36-22-29-28-10-6-7-11-33(28)45(39-12-8-9-16-44-39)34(29)23-31(36)42(40)30-18-25(13-14-35(30)46-37)32-21-27(15-17-43-32)41(3,4)5/h6-24H,1-5H3. The number of benzene rings is 4. The number of ether oxygens (including phenoxy) is 2. The first kappa shape index (κ1) is 27.9. The number of nitrogens with zero attached hydrogens (tertiary/aromatic N) is 3. The van der Waals surface area contributed by atoms with Gasteiger partial charge in [0.25, 0.3) is 6.71 Å². The van der Waals surface area contributed by atoms with Gasteiger partial charge in [0.2, 0.25) is 0 Å². The van der Waals surface area contributed by atoms with Gasteiger partial charge in [-0.05, 0) is 106 Å². The van der Waals surface area contributed by atoms with E-state index >= 15 is 0 Å². The molecule has 0 unspecified atom stereocenters. The predicted molar refractivity (Wildman–Crippen MR) is 192 cm³/mol. The molecule has 0 N–H and O–H groups in total. The van der Waals surface area contributed by atoms with E-state index in [-0.39, 0.29) is 12.1 Å². The fraction of sp³-hybridized carbons (Fsp3) is 0.171. The van der Waals surface area contributed by atoms with Gasteiger partial charge in [-0.2, -0.15) is 0 Å². The third-order valence-electron chi connectivity index (χ3n) is 9.76. The van der Waals surface area contributed by atoms with Crippen LogP contribution in [0.4, 0.5) is 0 Å². The molecule has 0 aliphatic carbocycles. The molecule has 0 fully saturated rings. The van der Waals surface area contributed by atoms with E-state index in [1.165, 1.54) is 16.5 Å². The highest BCUT2D eigenvalue weighted by atomic mass is 16.5. The Morgan fingerprint density at radius 3 is 2.19 bits per heavy atom. The molecule has 0 saturated carbocycles. The van der Waals surface area contributed by atoms with Crippen LogP contribution in [-0.4, -0.2) is 21.2 Å². The van der Waals surface area contributed by atoms with Gasteiger partial charge in [0.05, 0.1) is 16.7 Å². The topological polar surface area (TPSA) is 49.2 Å². The maximum Gasteiger partial charge on any atom is 0.260 e. The van der Waals surface area contributed by atoms with Crippen LogP contribution in [0.1, 0.15) is 51.7 Å². The van der Waals surface area contributed by atoms with Crippen molar-refractivity contribution in [2.75, 3.05) is 0 Å². The third-order valence-corrected chi connectivity index (χ3v) is 9.76. The van der Waals surface area contributed by atoms with E-state index in [1.807, 2.05) is 24.5 Å². The molecule has 2 aliphatic heterocycles. The zero-order chi connectivity index (χ0) is 32.0. The second kappa shape index (κ2) is 10.1. The monoisotopic (exact) mass is 611 g/mol. The van der Waals surface area contributed by atoms with Crippen molar-refractivity contribution >= 4 is 44.9 Å². The summed E-state index contributed by atoms with van der Waals surface area (Å²) in [5.74, 6) is 4.67. The van der Waals surface area contributed by atoms with E-state index in [2.05, 4.69) is 124 Å². The van der Waals surface area contributed by atoms with E-state index in [4.69, 9.17) is 19.4 Å². The summed E-state index contributed by atoms with van der Waals surface area (Å²) in [5.41, 5.74) is 10.0. The molecule has 0 spiro atoms. The van der Waals surface area contributed by atoms with Crippen molar-refractivity contribution in [2.24, 2.45) is 0 Å². The lowest BCUT2D eigenvalue weighted by Gasteiger charge is -2.34. The lowest BCUT2D eigenvalue weighted by Crippen LogP contribution is -2.57. The molecule has 0 amide bonds. The highest BCUT2D eigenvalue weighted by Crippen LogP contribution is 2.41. The quantitative estimate of drug-likeness (QED) is 0.188. The van der Waals surface area contributed by atoms with Gasteiger partial charge in [0.15, 0.2) is 0 Å². The van der Waals surface area contributed by atoms with Crippen LogP contribution in [0.15, 0.2) is 109 Å². The number of fused-ring (bicyclic) bond motifs is 7. The number of rotatable bonds is 3. The van der Waals surface area contributed by atoms with Gasteiger partial charge in [0, 0.05) is 28.6 Å². The normalized spacial score (nSPS) is 13.3. The minimum absolute atomic E-state index is 0.0219. The average Bonchev–Trinajstić information content (AvgIpc) is 3.40. The van der Waals surface area contributed by atoms with Gasteiger partial charge in [0.1, 0.15) is 28.8 Å². The fourth-order valence-electron chi connectivity index (χ4n) is 7.26. The molecule has 6 heteroatoms. The van der Waals surface area contributed by atoms with Gasteiger partial charge < -0.3 is 9.47 Å². The largest absolute Gasteiger partial charge is 0.458 e. The van der Waals surface area contributed by atoms with Crippen LogP contribution in [-0.2, 0) is 5.41 Å². The fourth-order valence-corrected chi connectivity index (χ4v) is 7.26. The summed E-state index contributed by atoms with van der Waals surface area (Å²) in [4.78, 5) is 9.58. The molecule has 0 radical (unpaired) electrons. The summed E-state index contributed by atoms with van der Waals surface area (Å²) < 4.78 is 15.8. The van der Waals surface area contributed by atoms with Gasteiger partial charge in [-0.1, -0.05) is 65.0 Å².